The molecular weight excluding hydrogens is 397 g/mol. The Bertz CT molecular complexity index is 940. The molecule has 0 unspecified atom stereocenters. The summed E-state index contributed by atoms with van der Waals surface area (Å²) in [7, 11) is 0. The lowest BCUT2D eigenvalue weighted by atomic mass is 9.78. The Balaban J connectivity index is 1.69. The van der Waals surface area contributed by atoms with Crippen molar-refractivity contribution in [2.45, 2.75) is 44.5 Å². The minimum atomic E-state index is -5.03. The monoisotopic (exact) mass is 420 g/mol. The van der Waals surface area contributed by atoms with E-state index < -0.39 is 30.8 Å². The first kappa shape index (κ1) is 21.8. The molecule has 1 heterocycles. The van der Waals surface area contributed by atoms with E-state index in [0.29, 0.717) is 5.75 Å². The van der Waals surface area contributed by atoms with Gasteiger partial charge in [0.15, 0.2) is 6.61 Å². The number of amides is 1. The van der Waals surface area contributed by atoms with Crippen LogP contribution in [0.15, 0.2) is 59.7 Å². The molecule has 1 amide bonds. The molecule has 1 atom stereocenters. The van der Waals surface area contributed by atoms with Crippen LogP contribution >= 0.6 is 0 Å². The largest absolute Gasteiger partial charge is 0.484 e. The van der Waals surface area contributed by atoms with Crippen molar-refractivity contribution in [3.05, 3.63) is 65.7 Å². The molecular formula is C22H23F3N2O3. The minimum absolute atomic E-state index is 0.00988. The number of ether oxygens (including phenoxy) is 1. The maximum absolute atomic E-state index is 13.2. The number of benzene rings is 2. The molecule has 0 radical (unpaired) electrons. The quantitative estimate of drug-likeness (QED) is 0.787. The summed E-state index contributed by atoms with van der Waals surface area (Å²) in [6.07, 6.45) is -5.82. The molecule has 8 heteroatoms. The third kappa shape index (κ3) is 4.05. The van der Waals surface area contributed by atoms with Gasteiger partial charge >= 0.3 is 6.18 Å². The van der Waals surface area contributed by atoms with Crippen LogP contribution in [0.1, 0.15) is 38.3 Å². The molecule has 0 spiro atoms. The highest BCUT2D eigenvalue weighted by atomic mass is 19.4. The number of hydrazone groups is 1. The first-order valence-corrected chi connectivity index (χ1v) is 9.40. The Morgan fingerprint density at radius 2 is 1.67 bits per heavy atom. The average Bonchev–Trinajstić information content (AvgIpc) is 3.02. The number of hydrogen-bond donors (Lipinski definition) is 1. The Labute approximate surface area is 172 Å². The molecule has 0 saturated heterocycles. The predicted octanol–water partition coefficient (Wildman–Crippen LogP) is 4.25. The fourth-order valence-corrected chi connectivity index (χ4v) is 3.40. The standard InChI is InChI=1S/C22H23F3N2O3/c1-15-13-21(29,22(23,24)25)27(26-15)19(28)14-30-18-11-9-17(10-12-18)20(2,3)16-7-5-4-6-8-16/h4-12,29H,13-14H2,1-3H3/t21-/m1/s1. The van der Waals surface area contributed by atoms with Gasteiger partial charge < -0.3 is 9.84 Å². The zero-order chi connectivity index (χ0) is 22.2. The number of carbonyl (C=O) groups excluding carboxylic acids is 1. The summed E-state index contributed by atoms with van der Waals surface area (Å²) in [5.74, 6) is -0.758. The van der Waals surface area contributed by atoms with E-state index in [-0.39, 0.29) is 16.1 Å². The van der Waals surface area contributed by atoms with E-state index in [4.69, 9.17) is 4.74 Å². The summed E-state index contributed by atoms with van der Waals surface area (Å²) in [6.45, 7) is 4.79. The van der Waals surface area contributed by atoms with Crippen LogP contribution < -0.4 is 4.74 Å². The van der Waals surface area contributed by atoms with Crippen molar-refractivity contribution >= 4 is 11.6 Å². The third-order valence-electron chi connectivity index (χ3n) is 5.25. The van der Waals surface area contributed by atoms with Gasteiger partial charge in [-0.2, -0.15) is 23.3 Å². The van der Waals surface area contributed by atoms with Crippen molar-refractivity contribution in [1.29, 1.82) is 0 Å². The van der Waals surface area contributed by atoms with Gasteiger partial charge in [0.25, 0.3) is 11.6 Å². The van der Waals surface area contributed by atoms with Crippen LogP contribution in [0.25, 0.3) is 0 Å². The van der Waals surface area contributed by atoms with E-state index in [9.17, 15) is 23.1 Å². The molecule has 160 valence electrons. The fraction of sp³-hybridized carbons (Fsp3) is 0.364. The van der Waals surface area contributed by atoms with Gasteiger partial charge in [0.05, 0.1) is 0 Å². The zero-order valence-electron chi connectivity index (χ0n) is 16.9. The lowest BCUT2D eigenvalue weighted by molar-refractivity contribution is -0.302. The molecule has 3 rings (SSSR count). The van der Waals surface area contributed by atoms with Gasteiger partial charge in [0.2, 0.25) is 0 Å². The van der Waals surface area contributed by atoms with Crippen molar-refractivity contribution in [3.8, 4) is 5.75 Å². The van der Waals surface area contributed by atoms with Crippen molar-refractivity contribution < 1.29 is 27.8 Å². The molecule has 0 fully saturated rings. The second-order valence-corrected chi connectivity index (χ2v) is 7.84. The zero-order valence-corrected chi connectivity index (χ0v) is 16.9. The number of aliphatic hydroxyl groups is 1. The van der Waals surface area contributed by atoms with E-state index in [2.05, 4.69) is 18.9 Å². The van der Waals surface area contributed by atoms with Crippen molar-refractivity contribution in [2.75, 3.05) is 6.61 Å². The molecule has 0 aliphatic carbocycles. The summed E-state index contributed by atoms with van der Waals surface area (Å²) in [4.78, 5) is 12.3. The SMILES string of the molecule is CC1=NN(C(=O)COc2ccc(C(C)(C)c3ccccc3)cc2)[C@](O)(C(F)(F)F)C1. The fourth-order valence-electron chi connectivity index (χ4n) is 3.40. The summed E-state index contributed by atoms with van der Waals surface area (Å²) in [5.41, 5.74) is -1.46. The van der Waals surface area contributed by atoms with Crippen LogP contribution in [0.5, 0.6) is 5.75 Å². The molecule has 1 N–H and O–H groups in total. The summed E-state index contributed by atoms with van der Waals surface area (Å²) >= 11 is 0. The van der Waals surface area contributed by atoms with Gasteiger partial charge in [-0.25, -0.2) is 0 Å². The van der Waals surface area contributed by atoms with Crippen molar-refractivity contribution in [1.82, 2.24) is 5.01 Å². The Hall–Kier alpha value is -2.87. The van der Waals surface area contributed by atoms with Crippen LogP contribution in [-0.4, -0.2) is 40.2 Å². The van der Waals surface area contributed by atoms with E-state index in [1.807, 2.05) is 42.5 Å². The highest BCUT2D eigenvalue weighted by molar-refractivity contribution is 5.89. The van der Waals surface area contributed by atoms with Gasteiger partial charge in [0, 0.05) is 17.5 Å². The lowest BCUT2D eigenvalue weighted by Gasteiger charge is -2.32. The molecule has 1 aliphatic heterocycles. The maximum atomic E-state index is 13.2. The molecule has 2 aromatic rings. The molecule has 1 aliphatic rings. The van der Waals surface area contributed by atoms with Gasteiger partial charge in [-0.15, -0.1) is 0 Å². The minimum Gasteiger partial charge on any atom is -0.484 e. The normalized spacial score (nSPS) is 19.6. The maximum Gasteiger partial charge on any atom is 0.438 e. The highest BCUT2D eigenvalue weighted by Gasteiger charge is 2.62. The number of halogens is 3. The van der Waals surface area contributed by atoms with Crippen LogP contribution in [0.4, 0.5) is 13.2 Å². The number of nitrogens with zero attached hydrogens (tertiary/aromatic N) is 2. The average molecular weight is 420 g/mol. The Morgan fingerprint density at radius 3 is 2.23 bits per heavy atom. The van der Waals surface area contributed by atoms with Crippen LogP contribution in [0.3, 0.4) is 0 Å². The van der Waals surface area contributed by atoms with E-state index in [1.165, 1.54) is 6.92 Å². The molecule has 30 heavy (non-hydrogen) atoms. The number of carbonyl (C=O) groups is 1. The molecule has 0 aromatic heterocycles. The second kappa shape index (κ2) is 7.75. The van der Waals surface area contributed by atoms with Gasteiger partial charge in [-0.1, -0.05) is 56.3 Å². The smallest absolute Gasteiger partial charge is 0.438 e. The summed E-state index contributed by atoms with van der Waals surface area (Å²) in [6, 6.07) is 16.9. The molecule has 0 bridgehead atoms. The second-order valence-electron chi connectivity index (χ2n) is 7.84. The topological polar surface area (TPSA) is 62.1 Å². The first-order chi connectivity index (χ1) is 13.9. The lowest BCUT2D eigenvalue weighted by Crippen LogP contribution is -2.57. The predicted molar refractivity (Wildman–Crippen MR) is 106 cm³/mol. The van der Waals surface area contributed by atoms with E-state index in [0.717, 1.165) is 11.1 Å². The molecule has 5 nitrogen and oxygen atoms in total. The Morgan fingerprint density at radius 1 is 1.10 bits per heavy atom. The van der Waals surface area contributed by atoms with E-state index in [1.54, 1.807) is 12.1 Å². The highest BCUT2D eigenvalue weighted by Crippen LogP contribution is 2.40. The van der Waals surface area contributed by atoms with E-state index >= 15 is 0 Å². The van der Waals surface area contributed by atoms with Crippen LogP contribution in [0.2, 0.25) is 0 Å². The Kier molecular flexibility index (Phi) is 5.64. The van der Waals surface area contributed by atoms with Gasteiger partial charge in [-0.3, -0.25) is 4.79 Å². The van der Waals surface area contributed by atoms with Gasteiger partial charge in [-0.05, 0) is 30.2 Å². The number of alkyl halides is 3. The third-order valence-corrected chi connectivity index (χ3v) is 5.25. The number of rotatable bonds is 5. The van der Waals surface area contributed by atoms with Crippen molar-refractivity contribution in [3.63, 3.8) is 0 Å². The molecule has 2 aromatic carbocycles. The molecule has 0 saturated carbocycles. The summed E-state index contributed by atoms with van der Waals surface area (Å²) < 4.78 is 45.0. The van der Waals surface area contributed by atoms with Crippen LogP contribution in [0, 0.1) is 0 Å². The number of hydrogen-bond acceptors (Lipinski definition) is 4. The van der Waals surface area contributed by atoms with Crippen LogP contribution in [-0.2, 0) is 10.2 Å². The summed E-state index contributed by atoms with van der Waals surface area (Å²) in [5, 5.41) is 13.6. The van der Waals surface area contributed by atoms with Crippen molar-refractivity contribution in [2.24, 2.45) is 5.10 Å². The van der Waals surface area contributed by atoms with Gasteiger partial charge in [0.1, 0.15) is 5.75 Å². The first-order valence-electron chi connectivity index (χ1n) is 9.40.